The van der Waals surface area contributed by atoms with E-state index in [1.54, 1.807) is 29.1 Å². The molecule has 4 rings (SSSR count). The molecule has 6 heteroatoms. The Morgan fingerprint density at radius 1 is 1.21 bits per heavy atom. The highest BCUT2D eigenvalue weighted by molar-refractivity contribution is 5.86. The van der Waals surface area contributed by atoms with Crippen molar-refractivity contribution in [1.29, 1.82) is 0 Å². The number of allylic oxidation sites excluding steroid dienone is 4. The van der Waals surface area contributed by atoms with Gasteiger partial charge in [0.2, 0.25) is 5.91 Å². The van der Waals surface area contributed by atoms with Crippen molar-refractivity contribution in [2.45, 2.75) is 59.0 Å². The van der Waals surface area contributed by atoms with E-state index in [-0.39, 0.29) is 23.4 Å². The molecule has 38 heavy (non-hydrogen) atoms. The van der Waals surface area contributed by atoms with E-state index in [1.165, 1.54) is 12.1 Å². The van der Waals surface area contributed by atoms with E-state index >= 15 is 0 Å². The summed E-state index contributed by atoms with van der Waals surface area (Å²) in [6.45, 7) is 11.1. The molecule has 0 fully saturated rings. The number of phenolic OH excluding ortho intramolecular Hbond substituents is 1. The molecule has 2 aromatic carbocycles. The minimum absolute atomic E-state index is 0.00394. The second-order valence-electron chi connectivity index (χ2n) is 10.2. The summed E-state index contributed by atoms with van der Waals surface area (Å²) in [5.41, 5.74) is 5.38. The van der Waals surface area contributed by atoms with Crippen LogP contribution in [0.4, 0.5) is 4.39 Å². The minimum Gasteiger partial charge on any atom is -0.508 e. The van der Waals surface area contributed by atoms with Crippen LogP contribution in [0.25, 0.3) is 0 Å². The van der Waals surface area contributed by atoms with Crippen LogP contribution in [0.3, 0.4) is 0 Å². The van der Waals surface area contributed by atoms with Gasteiger partial charge < -0.3 is 10.0 Å². The average Bonchev–Trinajstić information content (AvgIpc) is 3.35. The number of aromatic nitrogens is 2. The summed E-state index contributed by atoms with van der Waals surface area (Å²) in [5.74, 6) is -0.0549. The van der Waals surface area contributed by atoms with Crippen LogP contribution in [0.15, 0.2) is 90.9 Å². The maximum absolute atomic E-state index is 14.2. The zero-order valence-electron chi connectivity index (χ0n) is 22.4. The number of rotatable bonds is 9. The van der Waals surface area contributed by atoms with Crippen molar-refractivity contribution in [3.05, 3.63) is 119 Å². The van der Waals surface area contributed by atoms with Gasteiger partial charge in [0, 0.05) is 17.5 Å². The third-order valence-electron chi connectivity index (χ3n) is 7.15. The molecule has 1 heterocycles. The number of hydrogen-bond donors (Lipinski definition) is 1. The van der Waals surface area contributed by atoms with Crippen LogP contribution in [0, 0.1) is 11.7 Å². The van der Waals surface area contributed by atoms with Gasteiger partial charge in [-0.1, -0.05) is 62.4 Å². The molecule has 0 saturated carbocycles. The van der Waals surface area contributed by atoms with E-state index in [9.17, 15) is 14.3 Å². The highest BCUT2D eigenvalue weighted by Gasteiger charge is 2.32. The second kappa shape index (κ2) is 12.1. The number of phenols is 1. The van der Waals surface area contributed by atoms with Gasteiger partial charge in [-0.25, -0.2) is 4.39 Å². The van der Waals surface area contributed by atoms with Crippen LogP contribution in [0.1, 0.15) is 61.8 Å². The maximum atomic E-state index is 14.2. The van der Waals surface area contributed by atoms with Crippen molar-refractivity contribution in [2.75, 3.05) is 0 Å². The smallest absolute Gasteiger partial charge is 0.234 e. The Balaban J connectivity index is 1.63. The third kappa shape index (κ3) is 6.31. The zero-order chi connectivity index (χ0) is 27.2. The Morgan fingerprint density at radius 2 is 1.97 bits per heavy atom. The first-order chi connectivity index (χ1) is 18.3. The minimum atomic E-state index is -0.336. The summed E-state index contributed by atoms with van der Waals surface area (Å²) in [4.78, 5) is 16.0. The number of carbonyl (C=O) groups excluding carboxylic acids is 1. The van der Waals surface area contributed by atoms with Gasteiger partial charge in [0.25, 0.3) is 0 Å². The van der Waals surface area contributed by atoms with E-state index in [4.69, 9.17) is 0 Å². The number of hydrogen-bond acceptors (Lipinski definition) is 3. The van der Waals surface area contributed by atoms with Gasteiger partial charge in [-0.2, -0.15) is 5.10 Å². The zero-order valence-corrected chi connectivity index (χ0v) is 22.4. The summed E-state index contributed by atoms with van der Waals surface area (Å²) in [5, 5.41) is 14.9. The highest BCUT2D eigenvalue weighted by Crippen LogP contribution is 2.38. The predicted molar refractivity (Wildman–Crippen MR) is 149 cm³/mol. The Kier molecular flexibility index (Phi) is 8.62. The molecule has 1 N–H and O–H groups in total. The Labute approximate surface area is 224 Å². The summed E-state index contributed by atoms with van der Waals surface area (Å²) in [6.07, 6.45) is 11.9. The van der Waals surface area contributed by atoms with Gasteiger partial charge in [0.15, 0.2) is 0 Å². The van der Waals surface area contributed by atoms with Gasteiger partial charge in [0.1, 0.15) is 11.6 Å². The number of aromatic hydroxyl groups is 1. The van der Waals surface area contributed by atoms with E-state index < -0.39 is 0 Å². The monoisotopic (exact) mass is 513 g/mol. The molecular formula is C32H36FN3O2. The van der Waals surface area contributed by atoms with Gasteiger partial charge in [0.05, 0.1) is 25.2 Å². The topological polar surface area (TPSA) is 58.4 Å². The van der Waals surface area contributed by atoms with Crippen molar-refractivity contribution in [1.82, 2.24) is 14.7 Å². The van der Waals surface area contributed by atoms with Crippen LogP contribution >= 0.6 is 0 Å². The Hall–Kier alpha value is -3.93. The third-order valence-corrected chi connectivity index (χ3v) is 7.15. The normalized spacial score (nSPS) is 15.6. The molecule has 1 unspecified atom stereocenters. The van der Waals surface area contributed by atoms with Gasteiger partial charge in [-0.15, -0.1) is 0 Å². The average molecular weight is 514 g/mol. The maximum Gasteiger partial charge on any atom is 0.234 e. The van der Waals surface area contributed by atoms with Gasteiger partial charge in [-0.05, 0) is 73.1 Å². The standard InChI is InChI=1S/C32H36FN3O2/c1-5-27(17-12-23(4)22(2)3)36(32(38)30-10-6-9-29-28(30)8-7-11-31(29)37)21-25-18-34-35(20-25)19-24-13-15-26(33)16-14-24/h5,7-8,11-18,20,22,30,37H,4,6,9-10,19,21H2,1-3H3/b17-12-,27-5+. The Bertz CT molecular complexity index is 1350. The number of fused-ring (bicyclic) bond motifs is 1. The number of amides is 1. The largest absolute Gasteiger partial charge is 0.508 e. The number of nitrogens with zero attached hydrogens (tertiary/aromatic N) is 3. The quantitative estimate of drug-likeness (QED) is 0.317. The van der Waals surface area contributed by atoms with Gasteiger partial charge in [-0.3, -0.25) is 9.48 Å². The van der Waals surface area contributed by atoms with Crippen molar-refractivity contribution < 1.29 is 14.3 Å². The first-order valence-corrected chi connectivity index (χ1v) is 13.2. The molecule has 0 aliphatic heterocycles. The summed E-state index contributed by atoms with van der Waals surface area (Å²) < 4.78 is 15.1. The summed E-state index contributed by atoms with van der Waals surface area (Å²) >= 11 is 0. The van der Waals surface area contributed by atoms with Crippen molar-refractivity contribution in [2.24, 2.45) is 5.92 Å². The molecule has 0 spiro atoms. The number of halogens is 1. The van der Waals surface area contributed by atoms with Crippen LogP contribution in [0.2, 0.25) is 0 Å². The van der Waals surface area contributed by atoms with Crippen LogP contribution in [-0.4, -0.2) is 25.7 Å². The lowest BCUT2D eigenvalue weighted by atomic mass is 9.81. The predicted octanol–water partition coefficient (Wildman–Crippen LogP) is 6.90. The van der Waals surface area contributed by atoms with Gasteiger partial charge >= 0.3 is 0 Å². The number of benzene rings is 2. The lowest BCUT2D eigenvalue weighted by molar-refractivity contribution is -0.131. The fraction of sp³-hybridized carbons (Fsp3) is 0.312. The highest BCUT2D eigenvalue weighted by atomic mass is 19.1. The molecule has 3 aromatic rings. The first-order valence-electron chi connectivity index (χ1n) is 13.2. The molecule has 5 nitrogen and oxygen atoms in total. The molecule has 1 aliphatic rings. The molecule has 198 valence electrons. The summed E-state index contributed by atoms with van der Waals surface area (Å²) in [6, 6.07) is 11.8. The van der Waals surface area contributed by atoms with E-state index in [2.05, 4.69) is 25.5 Å². The van der Waals surface area contributed by atoms with E-state index in [0.29, 0.717) is 19.0 Å². The molecule has 1 amide bonds. The molecule has 0 saturated heterocycles. The van der Waals surface area contributed by atoms with Crippen LogP contribution in [0.5, 0.6) is 5.75 Å². The molecule has 1 atom stereocenters. The van der Waals surface area contributed by atoms with Crippen molar-refractivity contribution in [3.63, 3.8) is 0 Å². The molecule has 1 aromatic heterocycles. The first kappa shape index (κ1) is 27.1. The fourth-order valence-corrected chi connectivity index (χ4v) is 4.83. The van der Waals surface area contributed by atoms with Crippen LogP contribution < -0.4 is 0 Å². The van der Waals surface area contributed by atoms with Crippen LogP contribution in [-0.2, 0) is 24.3 Å². The van der Waals surface area contributed by atoms with Crippen molar-refractivity contribution >= 4 is 5.91 Å². The Morgan fingerprint density at radius 3 is 2.68 bits per heavy atom. The summed E-state index contributed by atoms with van der Waals surface area (Å²) in [7, 11) is 0. The second-order valence-corrected chi connectivity index (χ2v) is 10.2. The molecule has 1 aliphatic carbocycles. The van der Waals surface area contributed by atoms with Crippen molar-refractivity contribution in [3.8, 4) is 5.75 Å². The fourth-order valence-electron chi connectivity index (χ4n) is 4.83. The SMILES string of the molecule is C=C(/C=C\C(=C/C)N(Cc1cnn(Cc2ccc(F)cc2)c1)C(=O)C1CCCc2c(O)cccc21)C(C)C. The van der Waals surface area contributed by atoms with E-state index in [1.807, 2.05) is 48.4 Å². The number of carbonyl (C=O) groups is 1. The molecular weight excluding hydrogens is 477 g/mol. The molecule has 0 bridgehead atoms. The molecule has 0 radical (unpaired) electrons. The lowest BCUT2D eigenvalue weighted by Crippen LogP contribution is -2.35. The lowest BCUT2D eigenvalue weighted by Gasteiger charge is -2.31. The van der Waals surface area contributed by atoms with E-state index in [0.717, 1.165) is 52.8 Å².